The van der Waals surface area contributed by atoms with Gasteiger partial charge in [0, 0.05) is 86.9 Å². The lowest BCUT2D eigenvalue weighted by molar-refractivity contribution is -0.182. The summed E-state index contributed by atoms with van der Waals surface area (Å²) in [6, 6.07) is -8.92. The molecule has 3 heterocycles. The van der Waals surface area contributed by atoms with Crippen LogP contribution in [0.2, 0.25) is 0 Å². The van der Waals surface area contributed by atoms with Crippen LogP contribution in [0.3, 0.4) is 0 Å². The van der Waals surface area contributed by atoms with E-state index < -0.39 is 186 Å². The second-order valence-corrected chi connectivity index (χ2v) is 32.4. The number of likely N-dealkylation sites (N-methyl/N-ethyl adjacent to an activating group) is 7. The van der Waals surface area contributed by atoms with Crippen molar-refractivity contribution in [3.05, 3.63) is 0 Å². The van der Waals surface area contributed by atoms with Gasteiger partial charge in [0.2, 0.25) is 70.9 Å². The van der Waals surface area contributed by atoms with E-state index in [-0.39, 0.29) is 122 Å². The van der Waals surface area contributed by atoms with E-state index >= 15 is 33.6 Å². The molecule has 0 radical (unpaired) electrons. The van der Waals surface area contributed by atoms with Gasteiger partial charge in [-0.25, -0.2) is 0 Å². The van der Waals surface area contributed by atoms with Gasteiger partial charge < -0.3 is 69.5 Å². The number of amides is 12. The van der Waals surface area contributed by atoms with Crippen LogP contribution in [0.25, 0.3) is 0 Å². The first-order valence-electron chi connectivity index (χ1n) is 38.8. The van der Waals surface area contributed by atoms with Gasteiger partial charge in [-0.15, -0.1) is 11.6 Å². The van der Waals surface area contributed by atoms with Crippen LogP contribution >= 0.6 is 11.6 Å². The van der Waals surface area contributed by atoms with E-state index in [4.69, 9.17) is 21.1 Å². The van der Waals surface area contributed by atoms with Gasteiger partial charge in [-0.1, -0.05) is 92.4 Å². The third-order valence-corrected chi connectivity index (χ3v) is 24.3. The first-order valence-corrected chi connectivity index (χ1v) is 39.2. The lowest BCUT2D eigenvalue weighted by atomic mass is 9.78. The summed E-state index contributed by atoms with van der Waals surface area (Å²) >= 11 is 6.45. The second kappa shape index (κ2) is 38.6. The molecule has 4 saturated carbocycles. The van der Waals surface area contributed by atoms with Gasteiger partial charge in [-0.2, -0.15) is 13.2 Å². The zero-order chi connectivity index (χ0) is 77.5. The summed E-state index contributed by atoms with van der Waals surface area (Å²) in [4.78, 5) is 193. The number of alkyl halides is 4. The first kappa shape index (κ1) is 85.9. The second-order valence-electron chi connectivity index (χ2n) is 31.9. The van der Waals surface area contributed by atoms with Crippen LogP contribution in [0.5, 0.6) is 0 Å². The monoisotopic (exact) mass is 1510 g/mol. The van der Waals surface area contributed by atoms with E-state index in [9.17, 15) is 37.1 Å². The van der Waals surface area contributed by atoms with Crippen molar-refractivity contribution in [2.45, 2.75) is 255 Å². The fraction of sp³-hybridized carbons (Fsp3) is 0.840. The summed E-state index contributed by atoms with van der Waals surface area (Å²) in [5, 5.41) is 7.62. The van der Waals surface area contributed by atoms with Crippen molar-refractivity contribution in [1.29, 1.82) is 0 Å². The highest BCUT2D eigenvalue weighted by atomic mass is 35.5. The summed E-state index contributed by atoms with van der Waals surface area (Å²) in [6.45, 7) is 12.0. The molecular formula is C75H122ClF3N12O14. The summed E-state index contributed by atoms with van der Waals surface area (Å²) in [5.74, 6) is -10.6. The molecule has 7 fully saturated rings. The minimum absolute atomic E-state index is 0.00251. The number of carbonyl (C=O) groups is 12. The fourth-order valence-corrected chi connectivity index (χ4v) is 17.6. The Labute approximate surface area is 624 Å². The normalized spacial score (nSPS) is 31.1. The minimum atomic E-state index is -4.53. The molecule has 12 amide bonds. The summed E-state index contributed by atoms with van der Waals surface area (Å²) in [6.07, 6.45) is 1.88. The third-order valence-electron chi connectivity index (χ3n) is 23.9. The molecule has 105 heavy (non-hydrogen) atoms. The average molecular weight is 1510 g/mol. The number of hydrogen-bond acceptors (Lipinski definition) is 14. The molecule has 3 N–H and O–H groups in total. The number of rotatable bonds is 14. The maximum absolute atomic E-state index is 15.8. The predicted octanol–water partition coefficient (Wildman–Crippen LogP) is 5.59. The Hall–Kier alpha value is -6.36. The van der Waals surface area contributed by atoms with Crippen molar-refractivity contribution in [1.82, 2.24) is 60.0 Å². The number of morpholine rings is 1. The van der Waals surface area contributed by atoms with E-state index in [1.807, 2.05) is 20.8 Å². The smallest absolute Gasteiger partial charge is 0.378 e. The molecule has 7 aliphatic rings. The lowest BCUT2D eigenvalue weighted by Gasteiger charge is -2.42. The Morgan fingerprint density at radius 2 is 1.29 bits per heavy atom. The number of nitrogens with one attached hydrogen (secondary N) is 3. The third kappa shape index (κ3) is 22.0. The highest BCUT2D eigenvalue weighted by Gasteiger charge is 2.53. The quantitative estimate of drug-likeness (QED) is 0.179. The molecule has 0 aromatic heterocycles. The van der Waals surface area contributed by atoms with Gasteiger partial charge in [0.25, 0.3) is 0 Å². The maximum Gasteiger partial charge on any atom is 0.393 e. The van der Waals surface area contributed by atoms with Crippen LogP contribution in [-0.4, -0.2) is 288 Å². The SMILES string of the molecule is CCO[C@@H]1C[C@H]2C(=O)NC3(CCCC3)C(=O)N(C)[C@@H](C3CCCC3)C(=O)N(C)[C@H](C(=O)N3CCOCC3)CC(=O)N(C)[C@@H](CC(C)C)C(=O)N[C@@H]([C@@H](C)CC)C(=O)N(C)CC(=O)N(C)CC(=O)N(CC)[C@@H](CC3CCC(C)CC3)C(=O)N(C)CC(=O)N[C@@H](CCC3CCC(C(F)(F)F)C(Cl)C3)C(=O)N2C1. The molecule has 0 aromatic rings. The summed E-state index contributed by atoms with van der Waals surface area (Å²) in [5.41, 5.74) is -1.62. The van der Waals surface area contributed by atoms with Crippen molar-refractivity contribution in [3.63, 3.8) is 0 Å². The van der Waals surface area contributed by atoms with Gasteiger partial charge in [-0.05, 0) is 120 Å². The van der Waals surface area contributed by atoms with Gasteiger partial charge >= 0.3 is 6.18 Å². The predicted molar refractivity (Wildman–Crippen MR) is 387 cm³/mol. The Kier molecular flexibility index (Phi) is 31.6. The zero-order valence-electron chi connectivity index (χ0n) is 64.6. The number of carbonyl (C=O) groups excluding carboxylic acids is 12. The molecule has 3 saturated heterocycles. The van der Waals surface area contributed by atoms with E-state index in [1.165, 1.54) is 76.6 Å². The molecule has 594 valence electrons. The van der Waals surface area contributed by atoms with Gasteiger partial charge in [0.15, 0.2) is 0 Å². The Bertz CT molecular complexity index is 3030. The number of fused-ring (bicyclic) bond motifs is 1. The van der Waals surface area contributed by atoms with Crippen LogP contribution in [0.1, 0.15) is 190 Å². The molecule has 12 atom stereocenters. The molecule has 0 aromatic carbocycles. The molecule has 4 aliphatic carbocycles. The van der Waals surface area contributed by atoms with E-state index in [2.05, 4.69) is 22.9 Å². The van der Waals surface area contributed by atoms with Gasteiger partial charge in [-0.3, -0.25) is 57.5 Å². The van der Waals surface area contributed by atoms with Crippen molar-refractivity contribution in [2.75, 3.05) is 108 Å². The molecule has 1 spiro atoms. The molecule has 3 unspecified atom stereocenters. The molecule has 3 aliphatic heterocycles. The fourth-order valence-electron chi connectivity index (χ4n) is 17.1. The number of halogens is 4. The number of nitrogens with zero attached hydrogens (tertiary/aromatic N) is 9. The van der Waals surface area contributed by atoms with Crippen LogP contribution in [-0.2, 0) is 67.0 Å². The molecule has 7 rings (SSSR count). The van der Waals surface area contributed by atoms with Crippen LogP contribution in [0, 0.1) is 41.4 Å². The van der Waals surface area contributed by atoms with Gasteiger partial charge in [0.05, 0.1) is 51.3 Å². The van der Waals surface area contributed by atoms with E-state index in [0.717, 1.165) is 48.3 Å². The highest BCUT2D eigenvalue weighted by molar-refractivity contribution is 6.21. The maximum atomic E-state index is 15.8. The molecule has 0 bridgehead atoms. The Morgan fingerprint density at radius 1 is 0.667 bits per heavy atom. The van der Waals surface area contributed by atoms with Gasteiger partial charge in [0.1, 0.15) is 47.8 Å². The van der Waals surface area contributed by atoms with Crippen molar-refractivity contribution in [3.8, 4) is 0 Å². The lowest BCUT2D eigenvalue weighted by Crippen LogP contribution is -2.65. The largest absolute Gasteiger partial charge is 0.393 e. The number of hydrogen-bond donors (Lipinski definition) is 3. The van der Waals surface area contributed by atoms with Crippen LogP contribution < -0.4 is 16.0 Å². The topological polar surface area (TPSA) is 289 Å². The van der Waals surface area contributed by atoms with E-state index in [1.54, 1.807) is 20.8 Å². The highest BCUT2D eigenvalue weighted by Crippen LogP contribution is 2.44. The Morgan fingerprint density at radius 3 is 1.88 bits per heavy atom. The summed E-state index contributed by atoms with van der Waals surface area (Å²) in [7, 11) is 8.56. The summed E-state index contributed by atoms with van der Waals surface area (Å²) < 4.78 is 54.1. The number of ether oxygens (including phenoxy) is 2. The van der Waals surface area contributed by atoms with Crippen LogP contribution in [0.15, 0.2) is 0 Å². The van der Waals surface area contributed by atoms with E-state index in [0.29, 0.717) is 38.0 Å². The standard InChI is InChI=1S/C75H122ClF3N12O14/c1-14-48(7)64-71(101)85(10)44-62(94)83(8)45-63(95)90(15-2)59(39-50-25-23-47(6)24-26-50)69(99)84(9)43-60(92)80-55(30-28-49-27-29-53(54(76)38-49)75(77,78)79)68(98)91-42-52(105-16-3)40-57(91)67(97)82-74(31-19-20-32-74)73(103)88(13)65(51-21-17-18-22-51)72(102)87(12)58(70(100)89-33-35-104-36-34-89)41-61(93)86(11)56(37-46(4)5)66(96)81-64/h46-59,64-65H,14-45H2,1-13H3,(H,80,92)(H,81,96)(H,82,97)/t47?,48-,49?,50?,52+,53?,54?,55-,56-,57-,58-,59-,64-,65-/m0/s1. The zero-order valence-corrected chi connectivity index (χ0v) is 65.4. The molecule has 26 nitrogen and oxygen atoms in total. The Balaban J connectivity index is 1.31. The first-order chi connectivity index (χ1) is 49.6. The van der Waals surface area contributed by atoms with Crippen LogP contribution in [0.4, 0.5) is 13.2 Å². The molecular weight excluding hydrogens is 1390 g/mol. The minimum Gasteiger partial charge on any atom is -0.378 e. The van der Waals surface area contributed by atoms with Crippen molar-refractivity contribution < 1.29 is 80.2 Å². The van der Waals surface area contributed by atoms with Crippen molar-refractivity contribution in [2.24, 2.45) is 41.4 Å². The molecule has 30 heteroatoms. The van der Waals surface area contributed by atoms with Crippen molar-refractivity contribution >= 4 is 82.5 Å². The average Bonchev–Trinajstić information content (AvgIpc) is 1.70.